The molecule has 0 saturated heterocycles. The van der Waals surface area contributed by atoms with E-state index in [1.165, 1.54) is 6.07 Å². The third-order valence-electron chi connectivity index (χ3n) is 2.55. The zero-order valence-electron chi connectivity index (χ0n) is 10.5. The van der Waals surface area contributed by atoms with Gasteiger partial charge in [0.1, 0.15) is 0 Å². The highest BCUT2D eigenvalue weighted by molar-refractivity contribution is 5.78. The molecular formula is C13H15F2NO3. The van der Waals surface area contributed by atoms with E-state index in [9.17, 15) is 18.4 Å². The van der Waals surface area contributed by atoms with Gasteiger partial charge in [0, 0.05) is 12.5 Å². The summed E-state index contributed by atoms with van der Waals surface area (Å²) in [5.74, 6) is -3.24. The Bertz CT molecular complexity index is 477. The second-order valence-corrected chi connectivity index (χ2v) is 4.33. The van der Waals surface area contributed by atoms with Crippen molar-refractivity contribution >= 4 is 11.9 Å². The molecule has 1 rings (SSSR count). The van der Waals surface area contributed by atoms with Crippen LogP contribution < -0.4 is 5.32 Å². The summed E-state index contributed by atoms with van der Waals surface area (Å²) in [6.07, 6.45) is 0.208. The lowest BCUT2D eigenvalue weighted by Crippen LogP contribution is -2.34. The Hall–Kier alpha value is -1.98. The smallest absolute Gasteiger partial charge is 0.303 e. The van der Waals surface area contributed by atoms with Crippen molar-refractivity contribution in [2.45, 2.75) is 32.2 Å². The number of nitrogens with one attached hydrogen (secondary N) is 1. The molecule has 0 radical (unpaired) electrons. The predicted octanol–water partition coefficient (Wildman–Crippen LogP) is 1.88. The minimum atomic E-state index is -0.996. The van der Waals surface area contributed by atoms with E-state index in [2.05, 4.69) is 5.32 Å². The molecule has 4 nitrogen and oxygen atoms in total. The van der Waals surface area contributed by atoms with E-state index in [1.54, 1.807) is 6.92 Å². The van der Waals surface area contributed by atoms with Crippen LogP contribution in [-0.2, 0) is 16.0 Å². The SMILES string of the molecule is CC(CCC(=O)O)NC(=O)Cc1ccc(F)c(F)c1. The monoisotopic (exact) mass is 271 g/mol. The third kappa shape index (κ3) is 5.46. The van der Waals surface area contributed by atoms with Gasteiger partial charge in [-0.2, -0.15) is 0 Å². The summed E-state index contributed by atoms with van der Waals surface area (Å²) in [5, 5.41) is 11.1. The highest BCUT2D eigenvalue weighted by Gasteiger charge is 2.11. The van der Waals surface area contributed by atoms with E-state index in [-0.39, 0.29) is 24.8 Å². The minimum Gasteiger partial charge on any atom is -0.481 e. The minimum absolute atomic E-state index is 0.0351. The number of carboxylic acid groups (broad SMARTS) is 1. The molecule has 0 bridgehead atoms. The van der Waals surface area contributed by atoms with Crippen molar-refractivity contribution < 1.29 is 23.5 Å². The second-order valence-electron chi connectivity index (χ2n) is 4.33. The maximum absolute atomic E-state index is 12.9. The Kier molecular flexibility index (Phi) is 5.41. The second kappa shape index (κ2) is 6.82. The van der Waals surface area contributed by atoms with Crippen molar-refractivity contribution in [1.29, 1.82) is 0 Å². The molecule has 0 aliphatic rings. The van der Waals surface area contributed by atoms with Gasteiger partial charge in [0.05, 0.1) is 6.42 Å². The van der Waals surface area contributed by atoms with Gasteiger partial charge in [0.25, 0.3) is 0 Å². The van der Waals surface area contributed by atoms with Gasteiger partial charge in [-0.25, -0.2) is 8.78 Å². The van der Waals surface area contributed by atoms with Crippen LogP contribution in [0.15, 0.2) is 18.2 Å². The topological polar surface area (TPSA) is 66.4 Å². The Morgan fingerprint density at radius 2 is 2.00 bits per heavy atom. The van der Waals surface area contributed by atoms with E-state index >= 15 is 0 Å². The van der Waals surface area contributed by atoms with Crippen LogP contribution in [0.2, 0.25) is 0 Å². The first-order chi connectivity index (χ1) is 8.88. The lowest BCUT2D eigenvalue weighted by atomic mass is 10.1. The summed E-state index contributed by atoms with van der Waals surface area (Å²) in [6, 6.07) is 2.98. The zero-order valence-corrected chi connectivity index (χ0v) is 10.5. The van der Waals surface area contributed by atoms with Crippen LogP contribution in [-0.4, -0.2) is 23.0 Å². The normalized spacial score (nSPS) is 11.9. The maximum atomic E-state index is 12.9. The maximum Gasteiger partial charge on any atom is 0.303 e. The van der Waals surface area contributed by atoms with Crippen LogP contribution in [0.25, 0.3) is 0 Å². The van der Waals surface area contributed by atoms with E-state index in [4.69, 9.17) is 5.11 Å². The number of halogens is 2. The fourth-order valence-corrected chi connectivity index (χ4v) is 1.57. The molecular weight excluding hydrogens is 256 g/mol. The van der Waals surface area contributed by atoms with Gasteiger partial charge in [-0.1, -0.05) is 6.07 Å². The van der Waals surface area contributed by atoms with Gasteiger partial charge in [0.15, 0.2) is 11.6 Å². The van der Waals surface area contributed by atoms with Crippen LogP contribution in [0.3, 0.4) is 0 Å². The molecule has 6 heteroatoms. The molecule has 104 valence electrons. The van der Waals surface area contributed by atoms with E-state index in [0.717, 1.165) is 12.1 Å². The summed E-state index contributed by atoms with van der Waals surface area (Å²) in [4.78, 5) is 21.9. The van der Waals surface area contributed by atoms with Crippen molar-refractivity contribution in [2.75, 3.05) is 0 Å². The molecule has 0 aliphatic carbocycles. The number of benzene rings is 1. The number of hydrogen-bond acceptors (Lipinski definition) is 2. The predicted molar refractivity (Wildman–Crippen MR) is 64.5 cm³/mol. The summed E-state index contributed by atoms with van der Waals surface area (Å²) in [7, 11) is 0. The fourth-order valence-electron chi connectivity index (χ4n) is 1.57. The van der Waals surface area contributed by atoms with Crippen LogP contribution in [0, 0.1) is 11.6 Å². The largest absolute Gasteiger partial charge is 0.481 e. The Balaban J connectivity index is 2.46. The average molecular weight is 271 g/mol. The number of carbonyl (C=O) groups is 2. The molecule has 2 N–H and O–H groups in total. The molecule has 0 aliphatic heterocycles. The first kappa shape index (κ1) is 15.1. The molecule has 0 heterocycles. The van der Waals surface area contributed by atoms with Crippen molar-refractivity contribution in [3.05, 3.63) is 35.4 Å². The summed E-state index contributed by atoms with van der Waals surface area (Å²) < 4.78 is 25.6. The zero-order chi connectivity index (χ0) is 14.4. The summed E-state index contributed by atoms with van der Waals surface area (Å²) >= 11 is 0. The molecule has 1 unspecified atom stereocenters. The van der Waals surface area contributed by atoms with E-state index in [1.807, 2.05) is 0 Å². The first-order valence-corrected chi connectivity index (χ1v) is 5.83. The molecule has 0 saturated carbocycles. The molecule has 0 spiro atoms. The van der Waals surface area contributed by atoms with Gasteiger partial charge >= 0.3 is 5.97 Å². The number of rotatable bonds is 6. The number of hydrogen-bond donors (Lipinski definition) is 2. The lowest BCUT2D eigenvalue weighted by Gasteiger charge is -2.12. The quantitative estimate of drug-likeness (QED) is 0.830. The highest BCUT2D eigenvalue weighted by Crippen LogP contribution is 2.09. The van der Waals surface area contributed by atoms with Crippen LogP contribution in [0.4, 0.5) is 8.78 Å². The van der Waals surface area contributed by atoms with Gasteiger partial charge in [0.2, 0.25) is 5.91 Å². The molecule has 0 aromatic heterocycles. The Labute approximate surface area is 109 Å². The van der Waals surface area contributed by atoms with Crippen molar-refractivity contribution in [3.63, 3.8) is 0 Å². The van der Waals surface area contributed by atoms with Gasteiger partial charge in [-0.05, 0) is 31.0 Å². The number of carbonyl (C=O) groups excluding carboxylic acids is 1. The summed E-state index contributed by atoms with van der Waals surface area (Å²) in [6.45, 7) is 1.69. The lowest BCUT2D eigenvalue weighted by molar-refractivity contribution is -0.137. The highest BCUT2D eigenvalue weighted by atomic mass is 19.2. The Morgan fingerprint density at radius 3 is 2.58 bits per heavy atom. The number of aliphatic carboxylic acids is 1. The van der Waals surface area contributed by atoms with Crippen LogP contribution in [0.5, 0.6) is 0 Å². The third-order valence-corrected chi connectivity index (χ3v) is 2.55. The van der Waals surface area contributed by atoms with Gasteiger partial charge in [-0.15, -0.1) is 0 Å². The first-order valence-electron chi connectivity index (χ1n) is 5.83. The van der Waals surface area contributed by atoms with Crippen molar-refractivity contribution in [2.24, 2.45) is 0 Å². The van der Waals surface area contributed by atoms with E-state index in [0.29, 0.717) is 12.0 Å². The molecule has 0 fully saturated rings. The molecule has 19 heavy (non-hydrogen) atoms. The average Bonchev–Trinajstić information content (AvgIpc) is 2.31. The van der Waals surface area contributed by atoms with Crippen molar-refractivity contribution in [3.8, 4) is 0 Å². The van der Waals surface area contributed by atoms with Crippen LogP contribution >= 0.6 is 0 Å². The fraction of sp³-hybridized carbons (Fsp3) is 0.385. The van der Waals surface area contributed by atoms with Crippen LogP contribution in [0.1, 0.15) is 25.3 Å². The van der Waals surface area contributed by atoms with E-state index < -0.39 is 17.6 Å². The summed E-state index contributed by atoms with van der Waals surface area (Å²) in [5.41, 5.74) is 0.363. The molecule has 1 aromatic carbocycles. The Morgan fingerprint density at radius 1 is 1.32 bits per heavy atom. The number of amides is 1. The van der Waals surface area contributed by atoms with Gasteiger partial charge < -0.3 is 10.4 Å². The molecule has 1 aromatic rings. The molecule has 1 amide bonds. The van der Waals surface area contributed by atoms with Crippen molar-refractivity contribution in [1.82, 2.24) is 5.32 Å². The van der Waals surface area contributed by atoms with Gasteiger partial charge in [-0.3, -0.25) is 9.59 Å². The standard InChI is InChI=1S/C13H15F2NO3/c1-8(2-5-13(18)19)16-12(17)7-9-3-4-10(14)11(15)6-9/h3-4,6,8H,2,5,7H2,1H3,(H,16,17)(H,18,19). The molecule has 1 atom stereocenters. The number of carboxylic acids is 1.